The molecule has 1 heterocycles. The zero-order valence-corrected chi connectivity index (χ0v) is 17.8. The molecule has 1 N–H and O–H groups in total. The number of pyridine rings is 1. The van der Waals surface area contributed by atoms with Gasteiger partial charge in [-0.05, 0) is 55.0 Å². The minimum absolute atomic E-state index is 0.0980. The fourth-order valence-corrected chi connectivity index (χ4v) is 3.37. The largest absolute Gasteiger partial charge is 0.493 e. The average molecular weight is 428 g/mol. The van der Waals surface area contributed by atoms with Crippen molar-refractivity contribution in [3.63, 3.8) is 0 Å². The first-order valence-corrected chi connectivity index (χ1v) is 10.4. The van der Waals surface area contributed by atoms with E-state index in [2.05, 4.69) is 5.32 Å². The highest BCUT2D eigenvalue weighted by atomic mass is 16.5. The van der Waals surface area contributed by atoms with Gasteiger partial charge in [0.2, 0.25) is 5.91 Å². The van der Waals surface area contributed by atoms with Crippen LogP contribution in [0.2, 0.25) is 0 Å². The number of hydrogen-bond acceptors (Lipinski definition) is 4. The Bertz CT molecular complexity index is 1260. The molecule has 0 aliphatic rings. The molecule has 0 aliphatic carbocycles. The second-order valence-corrected chi connectivity index (χ2v) is 7.36. The van der Waals surface area contributed by atoms with Gasteiger partial charge in [0.1, 0.15) is 17.2 Å². The van der Waals surface area contributed by atoms with Crippen LogP contribution in [-0.4, -0.2) is 17.1 Å². The Morgan fingerprint density at radius 2 is 1.59 bits per heavy atom. The quantitative estimate of drug-likeness (QED) is 0.395. The number of nitrogens with zero attached hydrogens (tertiary/aromatic N) is 1. The molecule has 0 fully saturated rings. The van der Waals surface area contributed by atoms with Crippen LogP contribution in [0.4, 0.5) is 5.69 Å². The first-order chi connectivity index (χ1) is 15.6. The molecule has 162 valence electrons. The van der Waals surface area contributed by atoms with Crippen molar-refractivity contribution < 1.29 is 14.3 Å². The fraction of sp³-hybridized carbons (Fsp3) is 0.154. The molecule has 32 heavy (non-hydrogen) atoms. The van der Waals surface area contributed by atoms with Gasteiger partial charge in [-0.25, -0.2) is 0 Å². The van der Waals surface area contributed by atoms with E-state index in [0.717, 1.165) is 16.7 Å². The lowest BCUT2D eigenvalue weighted by molar-refractivity contribution is -0.116. The first kappa shape index (κ1) is 21.2. The smallest absolute Gasteiger partial charge is 0.254 e. The van der Waals surface area contributed by atoms with Crippen LogP contribution in [0.5, 0.6) is 17.2 Å². The minimum Gasteiger partial charge on any atom is -0.493 e. The summed E-state index contributed by atoms with van der Waals surface area (Å²) < 4.78 is 13.2. The lowest BCUT2D eigenvalue weighted by Gasteiger charge is -2.12. The zero-order chi connectivity index (χ0) is 22.3. The number of hydrogen-bond donors (Lipinski definition) is 1. The van der Waals surface area contributed by atoms with Gasteiger partial charge < -0.3 is 19.4 Å². The summed E-state index contributed by atoms with van der Waals surface area (Å²) in [6.07, 6.45) is 0.843. The van der Waals surface area contributed by atoms with Gasteiger partial charge in [-0.2, -0.15) is 0 Å². The van der Waals surface area contributed by atoms with Crippen LogP contribution < -0.4 is 20.3 Å². The first-order valence-electron chi connectivity index (χ1n) is 10.4. The van der Waals surface area contributed by atoms with Gasteiger partial charge in [0.25, 0.3) is 5.56 Å². The van der Waals surface area contributed by atoms with Crippen LogP contribution in [0.15, 0.2) is 89.7 Å². The molecule has 0 spiro atoms. The van der Waals surface area contributed by atoms with Crippen molar-refractivity contribution in [1.82, 2.24) is 4.57 Å². The normalized spacial score (nSPS) is 10.7. The van der Waals surface area contributed by atoms with Crippen molar-refractivity contribution in [2.75, 3.05) is 11.9 Å². The van der Waals surface area contributed by atoms with E-state index in [1.165, 1.54) is 6.07 Å². The molecule has 0 radical (unpaired) electrons. The number of nitrogens with one attached hydrogen (secondary N) is 1. The highest BCUT2D eigenvalue weighted by Crippen LogP contribution is 2.24. The van der Waals surface area contributed by atoms with Crippen molar-refractivity contribution in [1.29, 1.82) is 0 Å². The number of rotatable bonds is 8. The van der Waals surface area contributed by atoms with Crippen molar-refractivity contribution >= 4 is 22.5 Å². The van der Waals surface area contributed by atoms with Gasteiger partial charge in [-0.1, -0.05) is 30.3 Å². The molecule has 0 saturated heterocycles. The summed E-state index contributed by atoms with van der Waals surface area (Å²) in [6.45, 7) is 0.342. The zero-order valence-electron chi connectivity index (χ0n) is 17.8. The number of benzene rings is 3. The topological polar surface area (TPSA) is 69.6 Å². The number of amides is 1. The molecule has 6 heteroatoms. The Balaban J connectivity index is 1.27. The van der Waals surface area contributed by atoms with Gasteiger partial charge in [0.15, 0.2) is 0 Å². The third kappa shape index (κ3) is 5.16. The molecule has 0 unspecified atom stereocenters. The fourth-order valence-electron chi connectivity index (χ4n) is 3.37. The molecule has 0 aliphatic heterocycles. The van der Waals surface area contributed by atoms with E-state index in [9.17, 15) is 9.59 Å². The monoisotopic (exact) mass is 428 g/mol. The molecular weight excluding hydrogens is 404 g/mol. The van der Waals surface area contributed by atoms with E-state index in [1.54, 1.807) is 23.7 Å². The molecule has 6 nitrogen and oxygen atoms in total. The Morgan fingerprint density at radius 1 is 0.906 bits per heavy atom. The lowest BCUT2D eigenvalue weighted by atomic mass is 10.2. The summed E-state index contributed by atoms with van der Waals surface area (Å²) in [5.74, 6) is 1.90. The van der Waals surface area contributed by atoms with Gasteiger partial charge in [-0.15, -0.1) is 0 Å². The van der Waals surface area contributed by atoms with Gasteiger partial charge in [-0.3, -0.25) is 9.59 Å². The van der Waals surface area contributed by atoms with E-state index in [1.807, 2.05) is 66.7 Å². The predicted molar refractivity (Wildman–Crippen MR) is 126 cm³/mol. The van der Waals surface area contributed by atoms with Crippen molar-refractivity contribution in [2.45, 2.75) is 12.8 Å². The van der Waals surface area contributed by atoms with Crippen molar-refractivity contribution in [3.05, 3.63) is 95.3 Å². The lowest BCUT2D eigenvalue weighted by Crippen LogP contribution is -2.17. The Labute approximate surface area is 186 Å². The highest BCUT2D eigenvalue weighted by molar-refractivity contribution is 5.90. The molecule has 0 bridgehead atoms. The van der Waals surface area contributed by atoms with Gasteiger partial charge >= 0.3 is 0 Å². The van der Waals surface area contributed by atoms with Gasteiger partial charge in [0, 0.05) is 30.6 Å². The predicted octanol–water partition coefficient (Wildman–Crippen LogP) is 5.13. The number of ether oxygens (including phenoxy) is 2. The number of carbonyl (C=O) groups excluding carboxylic acids is 1. The van der Waals surface area contributed by atoms with Crippen LogP contribution in [-0.2, 0) is 11.8 Å². The molecule has 4 aromatic rings. The second-order valence-electron chi connectivity index (χ2n) is 7.36. The third-order valence-electron chi connectivity index (χ3n) is 5.04. The number of aromatic nitrogens is 1. The van der Waals surface area contributed by atoms with Crippen LogP contribution in [0.1, 0.15) is 12.8 Å². The van der Waals surface area contributed by atoms with Crippen LogP contribution in [0.25, 0.3) is 10.9 Å². The number of fused-ring (bicyclic) bond motifs is 1. The Kier molecular flexibility index (Phi) is 6.51. The van der Waals surface area contributed by atoms with Crippen LogP contribution in [0.3, 0.4) is 0 Å². The van der Waals surface area contributed by atoms with Crippen LogP contribution in [0, 0.1) is 0 Å². The van der Waals surface area contributed by atoms with Gasteiger partial charge in [0.05, 0.1) is 12.1 Å². The van der Waals surface area contributed by atoms with E-state index < -0.39 is 0 Å². The molecule has 3 aromatic carbocycles. The number of carbonyl (C=O) groups is 1. The summed E-state index contributed by atoms with van der Waals surface area (Å²) in [6, 6.07) is 25.8. The molecule has 1 aromatic heterocycles. The Morgan fingerprint density at radius 3 is 2.38 bits per heavy atom. The van der Waals surface area contributed by atoms with E-state index in [4.69, 9.17) is 9.47 Å². The maximum Gasteiger partial charge on any atom is 0.254 e. The van der Waals surface area contributed by atoms with Crippen LogP contribution >= 0.6 is 0 Å². The molecule has 0 saturated carbocycles. The summed E-state index contributed by atoms with van der Waals surface area (Å²) in [5, 5.41) is 3.75. The number of para-hydroxylation sites is 2. The third-order valence-corrected chi connectivity index (χ3v) is 5.04. The molecular formula is C26H24N2O4. The van der Waals surface area contributed by atoms with Crippen molar-refractivity contribution in [3.8, 4) is 17.2 Å². The van der Waals surface area contributed by atoms with Crippen molar-refractivity contribution in [2.24, 2.45) is 7.05 Å². The van der Waals surface area contributed by atoms with E-state index in [0.29, 0.717) is 36.6 Å². The summed E-state index contributed by atoms with van der Waals surface area (Å²) >= 11 is 0. The molecule has 1 amide bonds. The Hall–Kier alpha value is -4.06. The molecule has 4 rings (SSSR count). The average Bonchev–Trinajstić information content (AvgIpc) is 2.82. The SMILES string of the molecule is Cn1c(=O)cc(OCCCC(=O)Nc2ccc(Oc3ccccc3)cc2)c2ccccc21. The highest BCUT2D eigenvalue weighted by Gasteiger charge is 2.08. The minimum atomic E-state index is -0.129. The number of aryl methyl sites for hydroxylation is 1. The standard InChI is InChI=1S/C26H24N2O4/c1-28-23-11-6-5-10-22(23)24(18-26(28)30)31-17-7-12-25(29)27-19-13-15-21(16-14-19)32-20-8-3-2-4-9-20/h2-6,8-11,13-16,18H,7,12,17H2,1H3,(H,27,29). The number of anilines is 1. The molecule has 0 atom stereocenters. The second kappa shape index (κ2) is 9.83. The van der Waals surface area contributed by atoms with E-state index >= 15 is 0 Å². The summed E-state index contributed by atoms with van der Waals surface area (Å²) in [7, 11) is 1.74. The summed E-state index contributed by atoms with van der Waals surface area (Å²) in [5.41, 5.74) is 1.39. The maximum absolute atomic E-state index is 12.3. The summed E-state index contributed by atoms with van der Waals surface area (Å²) in [4.78, 5) is 24.4. The van der Waals surface area contributed by atoms with E-state index in [-0.39, 0.29) is 11.5 Å². The maximum atomic E-state index is 12.3.